The fraction of sp³-hybridized carbons (Fsp3) is 0.158. The second-order valence-corrected chi connectivity index (χ2v) is 12.9. The van der Waals surface area contributed by atoms with Gasteiger partial charge in [-0.05, 0) is 71.4 Å². The monoisotopic (exact) mass is 558 g/mol. The van der Waals surface area contributed by atoms with E-state index < -0.39 is 0 Å². The predicted molar refractivity (Wildman–Crippen MR) is 179 cm³/mol. The van der Waals surface area contributed by atoms with Gasteiger partial charge in [0.15, 0.2) is 0 Å². The van der Waals surface area contributed by atoms with Crippen LogP contribution in [0.15, 0.2) is 112 Å². The number of nitrogens with zero attached hydrogens (tertiary/aromatic N) is 2. The van der Waals surface area contributed by atoms with Gasteiger partial charge in [0, 0.05) is 40.1 Å². The summed E-state index contributed by atoms with van der Waals surface area (Å²) in [6, 6.07) is 34.7. The first kappa shape index (κ1) is 24.7. The first-order valence-electron chi connectivity index (χ1n) is 15.2. The van der Waals surface area contributed by atoms with Crippen LogP contribution in [0.1, 0.15) is 44.1 Å². The van der Waals surface area contributed by atoms with E-state index in [4.69, 9.17) is 8.83 Å². The van der Waals surface area contributed by atoms with Gasteiger partial charge in [-0.3, -0.25) is 0 Å². The number of aryl methyl sites for hydroxylation is 1. The third-order valence-electron chi connectivity index (χ3n) is 9.21. The molecule has 5 heteroatoms. The summed E-state index contributed by atoms with van der Waals surface area (Å²) in [5.41, 5.74) is 13.2. The molecule has 0 N–H and O–H groups in total. The molecule has 0 fully saturated rings. The molecule has 0 spiro atoms. The Bertz CT molecular complexity index is 2080. The van der Waals surface area contributed by atoms with Crippen LogP contribution in [0.25, 0.3) is 17.0 Å². The molecule has 0 saturated heterocycles. The minimum Gasteiger partial charge on any atom is -0.472 e. The highest BCUT2D eigenvalue weighted by atomic mass is 16.4. The van der Waals surface area contributed by atoms with Crippen molar-refractivity contribution in [3.8, 4) is 0 Å². The maximum atomic E-state index is 6.95. The molecule has 0 radical (unpaired) electrons. The molecule has 4 nitrogen and oxygen atoms in total. The lowest BCUT2D eigenvalue weighted by molar-refractivity contribution is 0.533. The number of rotatable bonds is 2. The summed E-state index contributed by atoms with van der Waals surface area (Å²) in [5.74, 6) is 1.06. The minimum atomic E-state index is -0.171. The van der Waals surface area contributed by atoms with Crippen molar-refractivity contribution < 1.29 is 8.83 Å². The minimum absolute atomic E-state index is 0.0690. The second kappa shape index (κ2) is 8.81. The first-order chi connectivity index (χ1) is 21.0. The van der Waals surface area contributed by atoms with E-state index in [1.807, 2.05) is 0 Å². The molecule has 0 bridgehead atoms. The van der Waals surface area contributed by atoms with Gasteiger partial charge in [0.2, 0.25) is 0 Å². The van der Waals surface area contributed by atoms with Gasteiger partial charge in [0.25, 0.3) is 0 Å². The molecular formula is C38H31BN2O2. The van der Waals surface area contributed by atoms with Crippen molar-refractivity contribution in [2.75, 3.05) is 9.80 Å². The van der Waals surface area contributed by atoms with Crippen LogP contribution in [-0.4, -0.2) is 6.71 Å². The standard InChI is InChI=1S/C38H31BN2O2/c1-38(2,3)24-22-29-33-30(23-24)41(26-16-8-5-9-17-26)35-28-19-11-13-21-32(28)43-37(35)39(33)36-34(27-18-10-12-20-31(27)42-36)40(29)25-14-6-4-7-15-25/h4-12,14-20,22-23H,13,21H2,1-3H3. The summed E-state index contributed by atoms with van der Waals surface area (Å²) < 4.78 is 13.8. The lowest BCUT2D eigenvalue weighted by Gasteiger charge is -2.42. The van der Waals surface area contributed by atoms with E-state index in [0.29, 0.717) is 0 Å². The number of para-hydroxylation sites is 3. The van der Waals surface area contributed by atoms with E-state index in [0.717, 1.165) is 63.6 Å². The number of hydrogen-bond donors (Lipinski definition) is 0. The summed E-state index contributed by atoms with van der Waals surface area (Å²) in [7, 11) is 0. The zero-order valence-electron chi connectivity index (χ0n) is 24.6. The van der Waals surface area contributed by atoms with Gasteiger partial charge in [-0.1, -0.05) is 81.5 Å². The van der Waals surface area contributed by atoms with Crippen molar-refractivity contribution in [3.05, 3.63) is 120 Å². The van der Waals surface area contributed by atoms with Gasteiger partial charge in [-0.2, -0.15) is 0 Å². The Morgan fingerprint density at radius 2 is 1.30 bits per heavy atom. The maximum Gasteiger partial charge on any atom is 0.342 e. The fourth-order valence-corrected chi connectivity index (χ4v) is 7.21. The summed E-state index contributed by atoms with van der Waals surface area (Å²) in [6.07, 6.45) is 6.42. The molecule has 2 aliphatic heterocycles. The Balaban J connectivity index is 1.46. The van der Waals surface area contributed by atoms with Crippen molar-refractivity contribution in [1.82, 2.24) is 0 Å². The summed E-state index contributed by atoms with van der Waals surface area (Å²) >= 11 is 0. The Kier molecular flexibility index (Phi) is 5.06. The number of fused-ring (bicyclic) bond motifs is 8. The van der Waals surface area contributed by atoms with Crippen molar-refractivity contribution in [2.24, 2.45) is 0 Å². The van der Waals surface area contributed by atoms with Crippen LogP contribution in [0.2, 0.25) is 0 Å². The highest BCUT2D eigenvalue weighted by molar-refractivity contribution is 6.99. The van der Waals surface area contributed by atoms with E-state index in [2.05, 4.69) is 140 Å². The van der Waals surface area contributed by atoms with Gasteiger partial charge < -0.3 is 18.6 Å². The van der Waals surface area contributed by atoms with E-state index in [1.54, 1.807) is 0 Å². The Labute approximate surface area is 251 Å². The topological polar surface area (TPSA) is 32.8 Å². The molecule has 43 heavy (non-hydrogen) atoms. The van der Waals surface area contributed by atoms with Gasteiger partial charge >= 0.3 is 6.71 Å². The normalized spacial score (nSPS) is 14.9. The number of allylic oxidation sites excluding steroid dienone is 1. The quantitative estimate of drug-likeness (QED) is 0.200. The predicted octanol–water partition coefficient (Wildman–Crippen LogP) is 8.37. The second-order valence-electron chi connectivity index (χ2n) is 12.9. The molecule has 3 aliphatic rings. The van der Waals surface area contributed by atoms with Gasteiger partial charge in [0.1, 0.15) is 22.7 Å². The molecule has 0 atom stereocenters. The Morgan fingerprint density at radius 1 is 0.698 bits per heavy atom. The zero-order valence-corrected chi connectivity index (χ0v) is 24.6. The number of anilines is 6. The molecule has 0 amide bonds. The molecule has 0 unspecified atom stereocenters. The van der Waals surface area contributed by atoms with Gasteiger partial charge in [-0.25, -0.2) is 0 Å². The van der Waals surface area contributed by atoms with Crippen LogP contribution >= 0.6 is 0 Å². The van der Waals surface area contributed by atoms with Crippen LogP contribution in [0.3, 0.4) is 0 Å². The third kappa shape index (κ3) is 3.45. The SMILES string of the molecule is CC(C)(C)c1cc2c3c(c1)N(c1ccccc1)c1c(oc4ccccc14)B3c1oc3c(c1N2c1ccccc1)C=CCC3. The van der Waals surface area contributed by atoms with Crippen LogP contribution in [0.4, 0.5) is 34.1 Å². The molecule has 4 heterocycles. The highest BCUT2D eigenvalue weighted by Gasteiger charge is 2.50. The van der Waals surface area contributed by atoms with Gasteiger partial charge in [-0.15, -0.1) is 0 Å². The molecule has 208 valence electrons. The lowest BCUT2D eigenvalue weighted by Crippen LogP contribution is -2.60. The van der Waals surface area contributed by atoms with Crippen molar-refractivity contribution >= 4 is 74.7 Å². The molecule has 9 rings (SSSR count). The van der Waals surface area contributed by atoms with Crippen molar-refractivity contribution in [2.45, 2.75) is 39.0 Å². The largest absolute Gasteiger partial charge is 0.472 e. The fourth-order valence-electron chi connectivity index (χ4n) is 7.21. The van der Waals surface area contributed by atoms with Gasteiger partial charge in [0.05, 0.1) is 11.4 Å². The molecule has 1 aliphatic carbocycles. The van der Waals surface area contributed by atoms with Crippen LogP contribution in [0.5, 0.6) is 0 Å². The summed E-state index contributed by atoms with van der Waals surface area (Å²) in [5, 5.41) is 1.11. The molecule has 2 aromatic heterocycles. The van der Waals surface area contributed by atoms with Crippen LogP contribution in [0, 0.1) is 0 Å². The summed E-state index contributed by atoms with van der Waals surface area (Å²) in [6.45, 7) is 6.74. The smallest absolute Gasteiger partial charge is 0.342 e. The van der Waals surface area contributed by atoms with Crippen molar-refractivity contribution in [1.29, 1.82) is 0 Å². The van der Waals surface area contributed by atoms with Crippen LogP contribution in [-0.2, 0) is 11.8 Å². The van der Waals surface area contributed by atoms with E-state index in [-0.39, 0.29) is 12.1 Å². The Morgan fingerprint density at radius 3 is 1.98 bits per heavy atom. The van der Waals surface area contributed by atoms with E-state index in [1.165, 1.54) is 28.0 Å². The molecule has 0 saturated carbocycles. The highest BCUT2D eigenvalue weighted by Crippen LogP contribution is 2.49. The molecule has 6 aromatic rings. The van der Waals surface area contributed by atoms with E-state index in [9.17, 15) is 0 Å². The van der Waals surface area contributed by atoms with Crippen LogP contribution < -0.4 is 26.6 Å². The summed E-state index contributed by atoms with van der Waals surface area (Å²) in [4.78, 5) is 4.86. The average Bonchev–Trinajstić information content (AvgIpc) is 3.60. The third-order valence-corrected chi connectivity index (χ3v) is 9.21. The average molecular weight is 558 g/mol. The zero-order chi connectivity index (χ0) is 28.9. The number of hydrogen-bond acceptors (Lipinski definition) is 4. The first-order valence-corrected chi connectivity index (χ1v) is 15.2. The number of furan rings is 2. The Hall–Kier alpha value is -4.90. The maximum absolute atomic E-state index is 6.95. The molecule has 4 aromatic carbocycles. The lowest BCUT2D eigenvalue weighted by atomic mass is 9.37. The van der Waals surface area contributed by atoms with Crippen molar-refractivity contribution in [3.63, 3.8) is 0 Å². The molecular weight excluding hydrogens is 527 g/mol. The van der Waals surface area contributed by atoms with E-state index >= 15 is 0 Å². The number of benzene rings is 4.